The second-order valence-electron chi connectivity index (χ2n) is 6.30. The standard InChI is InChI=1S/C19H18ClFN4O2S/c1-25(2)13-6-3-11(4-7-13)23-19-24-18(27)16(28-19)10-17(26)22-12-5-8-15(21)14(20)9-12/h3-9,16H,10H2,1-2H3,(H,22,26)(H,23,24,27). The summed E-state index contributed by atoms with van der Waals surface area (Å²) in [5.41, 5.74) is 2.12. The van der Waals surface area contributed by atoms with Crippen LogP contribution in [0, 0.1) is 5.82 Å². The molecule has 0 bridgehead atoms. The fourth-order valence-corrected chi connectivity index (χ4v) is 3.66. The van der Waals surface area contributed by atoms with E-state index in [2.05, 4.69) is 15.6 Å². The van der Waals surface area contributed by atoms with Gasteiger partial charge >= 0.3 is 0 Å². The molecule has 9 heteroatoms. The van der Waals surface area contributed by atoms with Crippen molar-refractivity contribution >= 4 is 57.4 Å². The molecule has 1 unspecified atom stereocenters. The van der Waals surface area contributed by atoms with Crippen LogP contribution in [-0.4, -0.2) is 36.3 Å². The number of amides is 2. The van der Waals surface area contributed by atoms with Crippen molar-refractivity contribution in [2.24, 2.45) is 4.99 Å². The number of amidine groups is 1. The first kappa shape index (κ1) is 20.2. The van der Waals surface area contributed by atoms with Gasteiger partial charge in [0.15, 0.2) is 5.17 Å². The third-order valence-electron chi connectivity index (χ3n) is 3.95. The van der Waals surface area contributed by atoms with Crippen LogP contribution >= 0.6 is 23.4 Å². The molecular weight excluding hydrogens is 403 g/mol. The molecule has 1 aliphatic heterocycles. The van der Waals surface area contributed by atoms with E-state index in [4.69, 9.17) is 11.6 Å². The number of hydrogen-bond donors (Lipinski definition) is 2. The fourth-order valence-electron chi connectivity index (χ4n) is 2.49. The SMILES string of the molecule is CN(C)c1ccc(N=C2NC(=O)C(CC(=O)Nc3ccc(F)c(Cl)c3)S2)cc1. The van der Waals surface area contributed by atoms with E-state index >= 15 is 0 Å². The summed E-state index contributed by atoms with van der Waals surface area (Å²) in [6, 6.07) is 11.5. The van der Waals surface area contributed by atoms with Crippen molar-refractivity contribution in [2.45, 2.75) is 11.7 Å². The Bertz CT molecular complexity index is 934. The summed E-state index contributed by atoms with van der Waals surface area (Å²) in [7, 11) is 3.90. The first-order chi connectivity index (χ1) is 13.3. The van der Waals surface area contributed by atoms with Crippen LogP contribution in [0.3, 0.4) is 0 Å². The first-order valence-corrected chi connectivity index (χ1v) is 9.66. The van der Waals surface area contributed by atoms with E-state index in [-0.39, 0.29) is 23.3 Å². The minimum absolute atomic E-state index is 0.0376. The van der Waals surface area contributed by atoms with E-state index in [1.807, 2.05) is 43.3 Å². The van der Waals surface area contributed by atoms with Crippen LogP contribution in [0.1, 0.15) is 6.42 Å². The van der Waals surface area contributed by atoms with Gasteiger partial charge < -0.3 is 15.5 Å². The molecule has 2 aromatic rings. The lowest BCUT2D eigenvalue weighted by atomic mass is 10.2. The highest BCUT2D eigenvalue weighted by atomic mass is 35.5. The summed E-state index contributed by atoms with van der Waals surface area (Å²) in [4.78, 5) is 30.7. The Labute approximate surface area is 171 Å². The summed E-state index contributed by atoms with van der Waals surface area (Å²) < 4.78 is 13.2. The average molecular weight is 421 g/mol. The molecule has 0 aliphatic carbocycles. The van der Waals surface area contributed by atoms with Crippen LogP contribution in [0.25, 0.3) is 0 Å². The molecule has 1 heterocycles. The van der Waals surface area contributed by atoms with Crippen molar-refractivity contribution < 1.29 is 14.0 Å². The molecule has 3 rings (SSSR count). The quantitative estimate of drug-likeness (QED) is 0.771. The van der Waals surface area contributed by atoms with Crippen molar-refractivity contribution in [3.05, 3.63) is 53.3 Å². The summed E-state index contributed by atoms with van der Waals surface area (Å²) in [6.07, 6.45) is -0.0376. The first-order valence-electron chi connectivity index (χ1n) is 8.40. The zero-order valence-corrected chi connectivity index (χ0v) is 16.8. The third-order valence-corrected chi connectivity index (χ3v) is 5.32. The molecule has 28 heavy (non-hydrogen) atoms. The van der Waals surface area contributed by atoms with Crippen molar-refractivity contribution in [1.82, 2.24) is 5.32 Å². The third kappa shape index (κ3) is 5.02. The van der Waals surface area contributed by atoms with Crippen LogP contribution < -0.4 is 15.5 Å². The number of carbonyl (C=O) groups excluding carboxylic acids is 2. The molecule has 0 radical (unpaired) electrons. The predicted molar refractivity (Wildman–Crippen MR) is 112 cm³/mol. The van der Waals surface area contributed by atoms with E-state index < -0.39 is 11.1 Å². The highest BCUT2D eigenvalue weighted by molar-refractivity contribution is 8.15. The highest BCUT2D eigenvalue weighted by Crippen LogP contribution is 2.27. The number of hydrogen-bond acceptors (Lipinski definition) is 5. The molecule has 1 fully saturated rings. The fraction of sp³-hybridized carbons (Fsp3) is 0.211. The Morgan fingerprint density at radius 2 is 2.00 bits per heavy atom. The summed E-state index contributed by atoms with van der Waals surface area (Å²) in [5.74, 6) is -1.21. The van der Waals surface area contributed by atoms with E-state index in [0.29, 0.717) is 16.5 Å². The Balaban J connectivity index is 1.60. The Morgan fingerprint density at radius 1 is 1.29 bits per heavy atom. The van der Waals surface area contributed by atoms with Gasteiger partial charge in [-0.05, 0) is 42.5 Å². The number of carbonyl (C=O) groups is 2. The maximum Gasteiger partial charge on any atom is 0.240 e. The molecule has 1 aliphatic rings. The Kier molecular flexibility index (Phi) is 6.21. The van der Waals surface area contributed by atoms with E-state index in [0.717, 1.165) is 5.69 Å². The maximum atomic E-state index is 13.2. The molecule has 1 atom stereocenters. The Hall–Kier alpha value is -2.58. The second kappa shape index (κ2) is 8.62. The van der Waals surface area contributed by atoms with Gasteiger partial charge in [-0.2, -0.15) is 0 Å². The smallest absolute Gasteiger partial charge is 0.240 e. The number of thioether (sulfide) groups is 1. The Morgan fingerprint density at radius 3 is 2.64 bits per heavy atom. The zero-order valence-electron chi connectivity index (χ0n) is 15.2. The van der Waals surface area contributed by atoms with Crippen LogP contribution in [0.2, 0.25) is 5.02 Å². The molecule has 0 spiro atoms. The van der Waals surface area contributed by atoms with E-state index in [1.54, 1.807) is 0 Å². The van der Waals surface area contributed by atoms with Gasteiger partial charge in [-0.25, -0.2) is 9.38 Å². The molecule has 146 valence electrons. The van der Waals surface area contributed by atoms with Gasteiger partial charge in [0.1, 0.15) is 11.1 Å². The molecule has 2 aromatic carbocycles. The van der Waals surface area contributed by atoms with Crippen molar-refractivity contribution in [2.75, 3.05) is 24.3 Å². The highest BCUT2D eigenvalue weighted by Gasteiger charge is 2.32. The van der Waals surface area contributed by atoms with Gasteiger partial charge in [0, 0.05) is 31.9 Å². The molecule has 2 N–H and O–H groups in total. The number of halogens is 2. The average Bonchev–Trinajstić information content (AvgIpc) is 2.97. The van der Waals surface area contributed by atoms with Gasteiger partial charge in [-0.1, -0.05) is 23.4 Å². The normalized spacial score (nSPS) is 17.5. The lowest BCUT2D eigenvalue weighted by Crippen LogP contribution is -2.28. The lowest BCUT2D eigenvalue weighted by Gasteiger charge is -2.11. The summed E-state index contributed by atoms with van der Waals surface area (Å²) in [5, 5.41) is 5.08. The van der Waals surface area contributed by atoms with Crippen molar-refractivity contribution in [3.8, 4) is 0 Å². The molecular formula is C19H18ClFN4O2S. The van der Waals surface area contributed by atoms with Gasteiger partial charge in [-0.15, -0.1) is 0 Å². The molecule has 6 nitrogen and oxygen atoms in total. The van der Waals surface area contributed by atoms with Gasteiger partial charge in [0.25, 0.3) is 0 Å². The minimum atomic E-state index is -0.587. The molecule has 0 saturated carbocycles. The summed E-state index contributed by atoms with van der Waals surface area (Å²) >= 11 is 6.90. The van der Waals surface area contributed by atoms with Crippen LogP contribution in [0.5, 0.6) is 0 Å². The van der Waals surface area contributed by atoms with E-state index in [9.17, 15) is 14.0 Å². The molecule has 2 amide bonds. The van der Waals surface area contributed by atoms with E-state index in [1.165, 1.54) is 30.0 Å². The topological polar surface area (TPSA) is 73.8 Å². The number of nitrogens with one attached hydrogen (secondary N) is 2. The van der Waals surface area contributed by atoms with Crippen molar-refractivity contribution in [3.63, 3.8) is 0 Å². The van der Waals surface area contributed by atoms with Gasteiger partial charge in [0.05, 0.1) is 10.7 Å². The van der Waals surface area contributed by atoms with Crippen LogP contribution in [0.4, 0.5) is 21.5 Å². The van der Waals surface area contributed by atoms with Gasteiger partial charge in [-0.3, -0.25) is 9.59 Å². The molecule has 0 aromatic heterocycles. The largest absolute Gasteiger partial charge is 0.378 e. The number of aliphatic imine (C=N–C) groups is 1. The number of anilines is 2. The van der Waals surface area contributed by atoms with Crippen LogP contribution in [-0.2, 0) is 9.59 Å². The lowest BCUT2D eigenvalue weighted by molar-refractivity contribution is -0.122. The number of nitrogens with zero attached hydrogens (tertiary/aromatic N) is 2. The number of rotatable bonds is 5. The zero-order chi connectivity index (χ0) is 20.3. The second-order valence-corrected chi connectivity index (χ2v) is 7.90. The number of benzene rings is 2. The van der Waals surface area contributed by atoms with Crippen molar-refractivity contribution in [1.29, 1.82) is 0 Å². The monoisotopic (exact) mass is 420 g/mol. The predicted octanol–water partition coefficient (Wildman–Crippen LogP) is 3.79. The molecule has 1 saturated heterocycles. The van der Waals surface area contributed by atoms with Crippen LogP contribution in [0.15, 0.2) is 47.5 Å². The maximum absolute atomic E-state index is 13.2. The van der Waals surface area contributed by atoms with Gasteiger partial charge in [0.2, 0.25) is 11.8 Å². The minimum Gasteiger partial charge on any atom is -0.378 e. The summed E-state index contributed by atoms with van der Waals surface area (Å²) in [6.45, 7) is 0.